The molecular formula is C9H10O. The fraction of sp³-hybridized carbons (Fsp3) is 0.222. The predicted octanol–water partition coefficient (Wildman–Crippen LogP) is 2.06. The van der Waals surface area contributed by atoms with Crippen LogP contribution in [-0.4, -0.2) is 6.10 Å². The Hall–Kier alpha value is -0.820. The smallest absolute Gasteiger partial charge is 0.0977 e. The molecule has 0 saturated heterocycles. The Balaban J connectivity index is 2.59. The zero-order chi connectivity index (χ0) is 7.40. The minimum absolute atomic E-state index is 0.609. The van der Waals surface area contributed by atoms with Gasteiger partial charge in [0.2, 0.25) is 0 Å². The second kappa shape index (κ2) is 3.37. The maximum atomic E-state index is 10.6. The van der Waals surface area contributed by atoms with Crippen LogP contribution in [0, 0.1) is 6.42 Å². The molecule has 0 heterocycles. The van der Waals surface area contributed by atoms with Crippen LogP contribution >= 0.6 is 0 Å². The van der Waals surface area contributed by atoms with Crippen LogP contribution in [0.1, 0.15) is 12.5 Å². The summed E-state index contributed by atoms with van der Waals surface area (Å²) < 4.78 is 0. The molecule has 52 valence electrons. The number of rotatable bonds is 2. The van der Waals surface area contributed by atoms with E-state index in [1.807, 2.05) is 30.3 Å². The zero-order valence-corrected chi connectivity index (χ0v) is 5.95. The van der Waals surface area contributed by atoms with Gasteiger partial charge in [0.25, 0.3) is 0 Å². The van der Waals surface area contributed by atoms with Gasteiger partial charge in [-0.05, 0) is 12.5 Å². The number of hydrogen-bond donors (Lipinski definition) is 0. The van der Waals surface area contributed by atoms with E-state index in [1.54, 1.807) is 13.3 Å². The third kappa shape index (κ3) is 2.19. The minimum Gasteiger partial charge on any atom is -0.233 e. The van der Waals surface area contributed by atoms with Crippen LogP contribution < -0.4 is 0 Å². The molecule has 1 heteroatoms. The molecule has 0 aromatic heterocycles. The van der Waals surface area contributed by atoms with Gasteiger partial charge in [0.1, 0.15) is 0 Å². The third-order valence-corrected chi connectivity index (χ3v) is 1.23. The van der Waals surface area contributed by atoms with E-state index >= 15 is 0 Å². The van der Waals surface area contributed by atoms with Gasteiger partial charge in [0.15, 0.2) is 0 Å². The van der Waals surface area contributed by atoms with Crippen LogP contribution in [0.2, 0.25) is 0 Å². The van der Waals surface area contributed by atoms with Crippen LogP contribution in [0.5, 0.6) is 0 Å². The van der Waals surface area contributed by atoms with Crippen molar-refractivity contribution in [3.63, 3.8) is 0 Å². The minimum atomic E-state index is -0.609. The highest BCUT2D eigenvalue weighted by Gasteiger charge is 1.98. The topological polar surface area (TPSA) is 19.9 Å². The van der Waals surface area contributed by atoms with Gasteiger partial charge in [0.05, 0.1) is 6.10 Å². The Morgan fingerprint density at radius 3 is 2.40 bits per heavy atom. The molecule has 2 radical (unpaired) electrons. The Morgan fingerprint density at radius 1 is 1.30 bits per heavy atom. The normalized spacial score (nSPS) is 13.0. The van der Waals surface area contributed by atoms with E-state index in [2.05, 4.69) is 0 Å². The van der Waals surface area contributed by atoms with Gasteiger partial charge in [0, 0.05) is 6.42 Å². The van der Waals surface area contributed by atoms with Crippen LogP contribution in [0.3, 0.4) is 0 Å². The highest BCUT2D eigenvalue weighted by molar-refractivity contribution is 5.23. The zero-order valence-electron chi connectivity index (χ0n) is 5.95. The summed E-state index contributed by atoms with van der Waals surface area (Å²) in [6.07, 6.45) is 1.09. The second-order valence-corrected chi connectivity index (χ2v) is 2.28. The second-order valence-electron chi connectivity index (χ2n) is 2.28. The summed E-state index contributed by atoms with van der Waals surface area (Å²) in [6, 6.07) is 9.64. The Morgan fingerprint density at radius 2 is 1.90 bits per heavy atom. The summed E-state index contributed by atoms with van der Waals surface area (Å²) >= 11 is 0. The molecule has 1 atom stereocenters. The Labute approximate surface area is 61.3 Å². The van der Waals surface area contributed by atoms with Crippen LogP contribution in [0.4, 0.5) is 0 Å². The van der Waals surface area contributed by atoms with Crippen molar-refractivity contribution >= 4 is 0 Å². The summed E-state index contributed by atoms with van der Waals surface area (Å²) in [4.78, 5) is 0. The molecule has 1 rings (SSSR count). The lowest BCUT2D eigenvalue weighted by Gasteiger charge is -1.99. The standard InChI is InChI=1S/C9H10O/c1-8(10)7-9-5-3-2-4-6-9/h2-8H,1H3. The third-order valence-electron chi connectivity index (χ3n) is 1.23. The highest BCUT2D eigenvalue weighted by Crippen LogP contribution is 2.04. The molecule has 1 aromatic carbocycles. The molecule has 0 aliphatic carbocycles. The van der Waals surface area contributed by atoms with Crippen molar-refractivity contribution in [2.45, 2.75) is 13.0 Å². The van der Waals surface area contributed by atoms with Crippen molar-refractivity contribution in [3.05, 3.63) is 42.3 Å². The molecule has 0 N–H and O–H groups in total. The maximum Gasteiger partial charge on any atom is 0.0977 e. The van der Waals surface area contributed by atoms with Crippen molar-refractivity contribution in [3.8, 4) is 0 Å². The molecule has 0 spiro atoms. The SMILES string of the molecule is CC([O])[CH]c1ccccc1. The van der Waals surface area contributed by atoms with Gasteiger partial charge in [-0.3, -0.25) is 0 Å². The van der Waals surface area contributed by atoms with Crippen LogP contribution in [0.15, 0.2) is 30.3 Å². The van der Waals surface area contributed by atoms with E-state index < -0.39 is 6.10 Å². The molecule has 0 saturated carbocycles. The first-order valence-electron chi connectivity index (χ1n) is 3.35. The Bertz CT molecular complexity index is 179. The summed E-state index contributed by atoms with van der Waals surface area (Å²) in [5.74, 6) is 0. The number of hydrogen-bond acceptors (Lipinski definition) is 0. The van der Waals surface area contributed by atoms with E-state index in [0.29, 0.717) is 0 Å². The lowest BCUT2D eigenvalue weighted by atomic mass is 10.1. The summed E-state index contributed by atoms with van der Waals surface area (Å²) in [5.41, 5.74) is 1.00. The van der Waals surface area contributed by atoms with Gasteiger partial charge in [-0.25, -0.2) is 5.11 Å². The largest absolute Gasteiger partial charge is 0.233 e. The first-order chi connectivity index (χ1) is 4.79. The lowest BCUT2D eigenvalue weighted by Crippen LogP contribution is -1.98. The van der Waals surface area contributed by atoms with E-state index in [9.17, 15) is 5.11 Å². The van der Waals surface area contributed by atoms with E-state index in [4.69, 9.17) is 0 Å². The van der Waals surface area contributed by atoms with E-state index in [1.165, 1.54) is 0 Å². The summed E-state index contributed by atoms with van der Waals surface area (Å²) in [5, 5.41) is 10.6. The summed E-state index contributed by atoms with van der Waals surface area (Å²) in [6.45, 7) is 1.63. The number of benzene rings is 1. The van der Waals surface area contributed by atoms with Gasteiger partial charge in [-0.2, -0.15) is 0 Å². The maximum absolute atomic E-state index is 10.6. The molecular weight excluding hydrogens is 124 g/mol. The van der Waals surface area contributed by atoms with Gasteiger partial charge < -0.3 is 0 Å². The van der Waals surface area contributed by atoms with Crippen molar-refractivity contribution in [1.82, 2.24) is 0 Å². The van der Waals surface area contributed by atoms with Crippen LogP contribution in [0.25, 0.3) is 0 Å². The fourth-order valence-corrected chi connectivity index (χ4v) is 0.835. The van der Waals surface area contributed by atoms with Gasteiger partial charge >= 0.3 is 0 Å². The average Bonchev–Trinajstić information content (AvgIpc) is 1.88. The van der Waals surface area contributed by atoms with Crippen molar-refractivity contribution in [1.29, 1.82) is 0 Å². The van der Waals surface area contributed by atoms with Gasteiger partial charge in [-0.1, -0.05) is 30.3 Å². The first-order valence-corrected chi connectivity index (χ1v) is 3.35. The molecule has 0 aliphatic rings. The summed E-state index contributed by atoms with van der Waals surface area (Å²) in [7, 11) is 0. The first kappa shape index (κ1) is 7.29. The predicted molar refractivity (Wildman–Crippen MR) is 40.0 cm³/mol. The molecule has 10 heavy (non-hydrogen) atoms. The van der Waals surface area contributed by atoms with E-state index in [-0.39, 0.29) is 0 Å². The molecule has 0 fully saturated rings. The molecule has 1 unspecified atom stereocenters. The molecule has 0 bridgehead atoms. The monoisotopic (exact) mass is 134 g/mol. The quantitative estimate of drug-likeness (QED) is 0.590. The molecule has 1 nitrogen and oxygen atoms in total. The Kier molecular flexibility index (Phi) is 2.46. The average molecular weight is 134 g/mol. The van der Waals surface area contributed by atoms with Crippen LogP contribution in [-0.2, 0) is 5.11 Å². The van der Waals surface area contributed by atoms with Crippen molar-refractivity contribution in [2.24, 2.45) is 0 Å². The van der Waals surface area contributed by atoms with Gasteiger partial charge in [-0.15, -0.1) is 0 Å². The van der Waals surface area contributed by atoms with Crippen molar-refractivity contribution < 1.29 is 5.11 Å². The molecule has 0 amide bonds. The molecule has 1 aromatic rings. The van der Waals surface area contributed by atoms with Crippen molar-refractivity contribution in [2.75, 3.05) is 0 Å². The lowest BCUT2D eigenvalue weighted by molar-refractivity contribution is 0.135. The highest BCUT2D eigenvalue weighted by atomic mass is 16.3. The fourth-order valence-electron chi connectivity index (χ4n) is 0.835. The molecule has 0 aliphatic heterocycles. The van der Waals surface area contributed by atoms with E-state index in [0.717, 1.165) is 5.56 Å².